The lowest BCUT2D eigenvalue weighted by Gasteiger charge is -2.15. The number of nitrogens with zero attached hydrogens (tertiary/aromatic N) is 2. The van der Waals surface area contributed by atoms with Gasteiger partial charge in [0.2, 0.25) is 5.88 Å². The Balaban J connectivity index is 2.19. The van der Waals surface area contributed by atoms with Crippen LogP contribution in [-0.2, 0) is 4.74 Å². The van der Waals surface area contributed by atoms with Gasteiger partial charge in [-0.2, -0.15) is 4.98 Å². The number of hydrogen-bond acceptors (Lipinski definition) is 5. The molecule has 2 heterocycles. The summed E-state index contributed by atoms with van der Waals surface area (Å²) in [5.41, 5.74) is 0. The van der Waals surface area contributed by atoms with Crippen LogP contribution >= 0.6 is 0 Å². The van der Waals surface area contributed by atoms with Gasteiger partial charge >= 0.3 is 0 Å². The second kappa shape index (κ2) is 6.70. The van der Waals surface area contributed by atoms with Crippen LogP contribution in [0.15, 0.2) is 6.07 Å². The lowest BCUT2D eigenvalue weighted by molar-refractivity contribution is 0.104. The van der Waals surface area contributed by atoms with E-state index >= 15 is 0 Å². The lowest BCUT2D eigenvalue weighted by atomic mass is 10.2. The van der Waals surface area contributed by atoms with Gasteiger partial charge in [-0.3, -0.25) is 0 Å². The van der Waals surface area contributed by atoms with E-state index in [1.165, 1.54) is 0 Å². The van der Waals surface area contributed by atoms with Crippen molar-refractivity contribution in [2.24, 2.45) is 0 Å². The number of nitrogens with one attached hydrogen (secondary N) is 1. The summed E-state index contributed by atoms with van der Waals surface area (Å²) in [6.45, 7) is 7.71. The third kappa shape index (κ3) is 4.06. The molecule has 0 spiro atoms. The van der Waals surface area contributed by atoms with Crippen molar-refractivity contribution in [2.45, 2.75) is 52.2 Å². The summed E-state index contributed by atoms with van der Waals surface area (Å²) in [6, 6.07) is 2.18. The van der Waals surface area contributed by atoms with Crippen molar-refractivity contribution < 1.29 is 9.47 Å². The summed E-state index contributed by atoms with van der Waals surface area (Å²) in [5.74, 6) is 2.17. The van der Waals surface area contributed by atoms with Gasteiger partial charge in [0.1, 0.15) is 11.9 Å². The SMILES string of the molecule is CCCOc1cc(NC(C)C)nc(C2CCCO2)n1. The Morgan fingerprint density at radius 3 is 2.95 bits per heavy atom. The van der Waals surface area contributed by atoms with E-state index in [4.69, 9.17) is 9.47 Å². The van der Waals surface area contributed by atoms with Gasteiger partial charge in [0, 0.05) is 18.7 Å². The van der Waals surface area contributed by atoms with Gasteiger partial charge in [-0.15, -0.1) is 0 Å². The highest BCUT2D eigenvalue weighted by Gasteiger charge is 2.22. The van der Waals surface area contributed by atoms with Crippen molar-refractivity contribution in [3.05, 3.63) is 11.9 Å². The summed E-state index contributed by atoms with van der Waals surface area (Å²) in [4.78, 5) is 9.00. The summed E-state index contributed by atoms with van der Waals surface area (Å²) in [6.07, 6.45) is 3.03. The minimum atomic E-state index is 0.0119. The minimum Gasteiger partial charge on any atom is -0.478 e. The highest BCUT2D eigenvalue weighted by atomic mass is 16.5. The molecule has 1 unspecified atom stereocenters. The van der Waals surface area contributed by atoms with E-state index in [1.807, 2.05) is 6.07 Å². The molecule has 1 saturated heterocycles. The molecule has 0 radical (unpaired) electrons. The standard InChI is InChI=1S/C14H23N3O2/c1-4-7-19-13-9-12(15-10(2)3)16-14(17-13)11-6-5-8-18-11/h9-11H,4-8H2,1-3H3,(H,15,16,17). The molecular weight excluding hydrogens is 242 g/mol. The molecule has 5 nitrogen and oxygen atoms in total. The highest BCUT2D eigenvalue weighted by Crippen LogP contribution is 2.28. The van der Waals surface area contributed by atoms with E-state index in [-0.39, 0.29) is 6.10 Å². The van der Waals surface area contributed by atoms with Crippen LogP contribution in [0.3, 0.4) is 0 Å². The molecule has 5 heteroatoms. The molecule has 1 aromatic heterocycles. The van der Waals surface area contributed by atoms with Crippen LogP contribution in [0.5, 0.6) is 5.88 Å². The molecule has 0 saturated carbocycles. The predicted molar refractivity (Wildman–Crippen MR) is 74.5 cm³/mol. The molecule has 2 rings (SSSR count). The largest absolute Gasteiger partial charge is 0.478 e. The Bertz CT molecular complexity index is 404. The number of ether oxygens (including phenoxy) is 2. The van der Waals surface area contributed by atoms with Crippen LogP contribution in [0.2, 0.25) is 0 Å². The monoisotopic (exact) mass is 265 g/mol. The summed E-state index contributed by atoms with van der Waals surface area (Å²) < 4.78 is 11.3. The van der Waals surface area contributed by atoms with E-state index in [0.29, 0.717) is 18.5 Å². The van der Waals surface area contributed by atoms with Crippen molar-refractivity contribution in [1.82, 2.24) is 9.97 Å². The highest BCUT2D eigenvalue weighted by molar-refractivity contribution is 5.39. The molecule has 1 aliphatic rings. The number of hydrogen-bond donors (Lipinski definition) is 1. The molecule has 0 aromatic carbocycles. The van der Waals surface area contributed by atoms with Gasteiger partial charge < -0.3 is 14.8 Å². The zero-order chi connectivity index (χ0) is 13.7. The van der Waals surface area contributed by atoms with Gasteiger partial charge in [0.25, 0.3) is 0 Å². The molecule has 0 amide bonds. The van der Waals surface area contributed by atoms with Crippen LogP contribution in [0, 0.1) is 0 Å². The van der Waals surface area contributed by atoms with E-state index < -0.39 is 0 Å². The number of rotatable bonds is 6. The second-order valence-electron chi connectivity index (χ2n) is 5.10. The molecule has 1 N–H and O–H groups in total. The Hall–Kier alpha value is -1.36. The van der Waals surface area contributed by atoms with Crippen molar-refractivity contribution in [3.63, 3.8) is 0 Å². The van der Waals surface area contributed by atoms with Gasteiger partial charge in [0.15, 0.2) is 5.82 Å². The molecular formula is C14H23N3O2. The van der Waals surface area contributed by atoms with E-state index in [9.17, 15) is 0 Å². The van der Waals surface area contributed by atoms with Crippen LogP contribution in [0.4, 0.5) is 5.82 Å². The van der Waals surface area contributed by atoms with Gasteiger partial charge in [-0.25, -0.2) is 4.98 Å². The molecule has 19 heavy (non-hydrogen) atoms. The van der Waals surface area contributed by atoms with Crippen molar-refractivity contribution in [2.75, 3.05) is 18.5 Å². The maximum absolute atomic E-state index is 5.65. The minimum absolute atomic E-state index is 0.0119. The van der Waals surface area contributed by atoms with E-state index in [1.54, 1.807) is 0 Å². The average Bonchev–Trinajstić information content (AvgIpc) is 2.89. The summed E-state index contributed by atoms with van der Waals surface area (Å²) >= 11 is 0. The topological polar surface area (TPSA) is 56.3 Å². The second-order valence-corrected chi connectivity index (χ2v) is 5.10. The first kappa shape index (κ1) is 14.1. The fourth-order valence-corrected chi connectivity index (χ4v) is 2.02. The maximum Gasteiger partial charge on any atom is 0.218 e. The number of anilines is 1. The maximum atomic E-state index is 5.65. The first-order chi connectivity index (χ1) is 9.19. The van der Waals surface area contributed by atoms with Crippen molar-refractivity contribution in [1.29, 1.82) is 0 Å². The molecule has 106 valence electrons. The average molecular weight is 265 g/mol. The Morgan fingerprint density at radius 1 is 1.47 bits per heavy atom. The van der Waals surface area contributed by atoms with Gasteiger partial charge in [-0.1, -0.05) is 6.92 Å². The first-order valence-corrected chi connectivity index (χ1v) is 7.09. The first-order valence-electron chi connectivity index (χ1n) is 7.09. The third-order valence-corrected chi connectivity index (χ3v) is 2.83. The molecule has 1 aromatic rings. The van der Waals surface area contributed by atoms with Crippen LogP contribution in [-0.4, -0.2) is 29.2 Å². The predicted octanol–water partition coefficient (Wildman–Crippen LogP) is 2.94. The zero-order valence-corrected chi connectivity index (χ0v) is 12.0. The van der Waals surface area contributed by atoms with Crippen molar-refractivity contribution in [3.8, 4) is 5.88 Å². The van der Waals surface area contributed by atoms with Gasteiger partial charge in [0.05, 0.1) is 6.61 Å². The molecule has 1 fully saturated rings. The number of aromatic nitrogens is 2. The van der Waals surface area contributed by atoms with Crippen molar-refractivity contribution >= 4 is 5.82 Å². The van der Waals surface area contributed by atoms with Crippen LogP contribution in [0.25, 0.3) is 0 Å². The third-order valence-electron chi connectivity index (χ3n) is 2.83. The molecule has 0 aliphatic carbocycles. The van der Waals surface area contributed by atoms with Crippen LogP contribution in [0.1, 0.15) is 52.0 Å². The molecule has 1 atom stereocenters. The fourth-order valence-electron chi connectivity index (χ4n) is 2.02. The quantitative estimate of drug-likeness (QED) is 0.857. The summed E-state index contributed by atoms with van der Waals surface area (Å²) in [7, 11) is 0. The summed E-state index contributed by atoms with van der Waals surface area (Å²) in [5, 5.41) is 3.30. The Labute approximate surface area is 114 Å². The van der Waals surface area contributed by atoms with E-state index in [0.717, 1.165) is 37.5 Å². The fraction of sp³-hybridized carbons (Fsp3) is 0.714. The zero-order valence-electron chi connectivity index (χ0n) is 12.0. The normalized spacial score (nSPS) is 18.8. The molecule has 0 bridgehead atoms. The molecule has 1 aliphatic heterocycles. The van der Waals surface area contributed by atoms with Gasteiger partial charge in [-0.05, 0) is 33.1 Å². The smallest absolute Gasteiger partial charge is 0.218 e. The Kier molecular flexibility index (Phi) is 4.96. The Morgan fingerprint density at radius 2 is 2.32 bits per heavy atom. The lowest BCUT2D eigenvalue weighted by Crippen LogP contribution is -2.14. The van der Waals surface area contributed by atoms with E-state index in [2.05, 4.69) is 36.1 Å². The van der Waals surface area contributed by atoms with Crippen LogP contribution < -0.4 is 10.1 Å².